The van der Waals surface area contributed by atoms with Gasteiger partial charge in [0.1, 0.15) is 6.04 Å². The van der Waals surface area contributed by atoms with Crippen LogP contribution in [0.4, 0.5) is 0 Å². The highest BCUT2D eigenvalue weighted by Crippen LogP contribution is 2.07. The lowest BCUT2D eigenvalue weighted by Gasteiger charge is -2.19. The molecule has 0 aromatic carbocycles. The summed E-state index contributed by atoms with van der Waals surface area (Å²) >= 11 is 0. The van der Waals surface area contributed by atoms with E-state index in [9.17, 15) is 9.59 Å². The Bertz CT molecular complexity index is 212. The number of aliphatic carboxylic acids is 1. The van der Waals surface area contributed by atoms with Gasteiger partial charge in [0.25, 0.3) is 0 Å². The molecule has 0 aliphatic heterocycles. The van der Waals surface area contributed by atoms with E-state index in [1.165, 1.54) is 0 Å². The molecule has 0 aromatic heterocycles. The second-order valence-electron chi connectivity index (χ2n) is 3.30. The Morgan fingerprint density at radius 3 is 2.27 bits per heavy atom. The van der Waals surface area contributed by atoms with E-state index in [4.69, 9.17) is 5.11 Å². The van der Waals surface area contributed by atoms with E-state index in [-0.39, 0.29) is 30.8 Å². The Balaban J connectivity index is 0. The molecular weight excluding hydrogens is 220 g/mol. The second kappa shape index (κ2) is 8.49. The zero-order chi connectivity index (χ0) is 11.1. The Kier molecular flexibility index (Phi) is 9.41. The molecule has 90 valence electrons. The van der Waals surface area contributed by atoms with Gasteiger partial charge in [0.15, 0.2) is 0 Å². The topological polar surface area (TPSA) is 78.4 Å². The minimum atomic E-state index is -0.983. The maximum atomic E-state index is 11.1. The van der Waals surface area contributed by atoms with Crippen LogP contribution in [0, 0.1) is 5.92 Å². The van der Waals surface area contributed by atoms with Crippen molar-refractivity contribution in [3.63, 3.8) is 0 Å². The third-order valence-corrected chi connectivity index (χ3v) is 2.13. The number of hydrogen-bond acceptors (Lipinski definition) is 3. The summed E-state index contributed by atoms with van der Waals surface area (Å²) in [6.07, 6.45) is 0.719. The highest BCUT2D eigenvalue weighted by molar-refractivity contribution is 5.85. The van der Waals surface area contributed by atoms with Crippen molar-refractivity contribution in [2.24, 2.45) is 5.92 Å². The Labute approximate surface area is 96.0 Å². The van der Waals surface area contributed by atoms with Crippen LogP contribution in [0.15, 0.2) is 0 Å². The van der Waals surface area contributed by atoms with Crippen molar-refractivity contribution < 1.29 is 14.7 Å². The lowest BCUT2D eigenvalue weighted by molar-refractivity contribution is -0.143. The van der Waals surface area contributed by atoms with E-state index in [1.807, 2.05) is 6.92 Å². The number of carbonyl (C=O) groups is 2. The average molecular weight is 239 g/mol. The van der Waals surface area contributed by atoms with E-state index < -0.39 is 12.0 Å². The molecule has 3 N–H and O–H groups in total. The van der Waals surface area contributed by atoms with Gasteiger partial charge in [-0.05, 0) is 13.0 Å². The summed E-state index contributed by atoms with van der Waals surface area (Å²) in [5.41, 5.74) is 0. The molecule has 0 heterocycles. The van der Waals surface area contributed by atoms with Gasteiger partial charge in [-0.2, -0.15) is 0 Å². The van der Waals surface area contributed by atoms with E-state index >= 15 is 0 Å². The summed E-state index contributed by atoms with van der Waals surface area (Å²) in [6, 6.07) is -0.791. The van der Waals surface area contributed by atoms with Crippen molar-refractivity contribution in [1.29, 1.82) is 0 Å². The number of carboxylic acid groups (broad SMARTS) is 1. The molecule has 6 heteroatoms. The van der Waals surface area contributed by atoms with E-state index in [1.54, 1.807) is 14.0 Å². The predicted molar refractivity (Wildman–Crippen MR) is 60.2 cm³/mol. The summed E-state index contributed by atoms with van der Waals surface area (Å²) in [7, 11) is 1.64. The summed E-state index contributed by atoms with van der Waals surface area (Å²) in [5, 5.41) is 14.0. The molecule has 0 aliphatic carbocycles. The van der Waals surface area contributed by atoms with Crippen LogP contribution >= 0.6 is 12.4 Å². The van der Waals surface area contributed by atoms with Gasteiger partial charge in [0, 0.05) is 0 Å². The average Bonchev–Trinajstić information content (AvgIpc) is 2.13. The monoisotopic (exact) mass is 238 g/mol. The van der Waals surface area contributed by atoms with Crippen molar-refractivity contribution in [2.45, 2.75) is 26.3 Å². The molecule has 0 aromatic rings. The van der Waals surface area contributed by atoms with Crippen molar-refractivity contribution in [2.75, 3.05) is 13.6 Å². The lowest BCUT2D eigenvalue weighted by atomic mass is 9.99. The van der Waals surface area contributed by atoms with Gasteiger partial charge in [0.2, 0.25) is 5.91 Å². The first-order valence-corrected chi connectivity index (χ1v) is 4.69. The third kappa shape index (κ3) is 6.30. The summed E-state index contributed by atoms with van der Waals surface area (Å²) in [4.78, 5) is 21.9. The number of hydrogen-bond donors (Lipinski definition) is 3. The van der Waals surface area contributed by atoms with Gasteiger partial charge in [-0.1, -0.05) is 20.3 Å². The molecule has 2 atom stereocenters. The summed E-state index contributed by atoms with van der Waals surface area (Å²) in [6.45, 7) is 3.84. The molecule has 0 radical (unpaired) electrons. The molecule has 5 nitrogen and oxygen atoms in total. The predicted octanol–water partition coefficient (Wildman–Crippen LogP) is 0.243. The number of nitrogens with one attached hydrogen (secondary N) is 2. The van der Waals surface area contributed by atoms with Gasteiger partial charge in [0.05, 0.1) is 6.54 Å². The lowest BCUT2D eigenvalue weighted by Crippen LogP contribution is -2.47. The van der Waals surface area contributed by atoms with Crippen molar-refractivity contribution in [3.8, 4) is 0 Å². The molecule has 0 saturated heterocycles. The van der Waals surface area contributed by atoms with Crippen molar-refractivity contribution in [3.05, 3.63) is 0 Å². The van der Waals surface area contributed by atoms with Crippen LogP contribution in [0.2, 0.25) is 0 Å². The second-order valence-corrected chi connectivity index (χ2v) is 3.30. The zero-order valence-electron chi connectivity index (χ0n) is 9.24. The normalized spacial score (nSPS) is 13.5. The van der Waals surface area contributed by atoms with Gasteiger partial charge in [-0.3, -0.25) is 4.79 Å². The molecule has 0 bridgehead atoms. The molecular formula is C9H19ClN2O3. The van der Waals surface area contributed by atoms with E-state index in [0.717, 1.165) is 6.42 Å². The molecule has 15 heavy (non-hydrogen) atoms. The zero-order valence-corrected chi connectivity index (χ0v) is 10.1. The molecule has 0 spiro atoms. The number of rotatable bonds is 6. The maximum absolute atomic E-state index is 11.1. The fourth-order valence-corrected chi connectivity index (χ4v) is 1.07. The number of halogens is 1. The molecule has 2 unspecified atom stereocenters. The van der Waals surface area contributed by atoms with Crippen LogP contribution in [0.3, 0.4) is 0 Å². The standard InChI is InChI=1S/C9H18N2O3.ClH/c1-4-6(2)8(9(13)14)11-7(12)5-10-3;/h6,8,10H,4-5H2,1-3H3,(H,11,12)(H,13,14);1H. The molecule has 1 amide bonds. The van der Waals surface area contributed by atoms with Gasteiger partial charge in [-0.25, -0.2) is 4.79 Å². The quantitative estimate of drug-likeness (QED) is 0.620. The van der Waals surface area contributed by atoms with E-state index in [0.29, 0.717) is 0 Å². The smallest absolute Gasteiger partial charge is 0.326 e. The van der Waals surface area contributed by atoms with Crippen LogP contribution in [-0.4, -0.2) is 36.6 Å². The minimum absolute atomic E-state index is 0. The largest absolute Gasteiger partial charge is 0.480 e. The van der Waals surface area contributed by atoms with Crippen LogP contribution in [0.25, 0.3) is 0 Å². The van der Waals surface area contributed by atoms with Crippen LogP contribution < -0.4 is 10.6 Å². The Hall–Kier alpha value is -0.810. The van der Waals surface area contributed by atoms with Gasteiger partial charge >= 0.3 is 5.97 Å². The third-order valence-electron chi connectivity index (χ3n) is 2.13. The molecule has 0 fully saturated rings. The number of carboxylic acids is 1. The highest BCUT2D eigenvalue weighted by atomic mass is 35.5. The number of amides is 1. The summed E-state index contributed by atoms with van der Waals surface area (Å²) in [5.74, 6) is -1.34. The maximum Gasteiger partial charge on any atom is 0.326 e. The Morgan fingerprint density at radius 2 is 1.93 bits per heavy atom. The molecule has 0 rings (SSSR count). The van der Waals surface area contributed by atoms with Crippen LogP contribution in [-0.2, 0) is 9.59 Å². The van der Waals surface area contributed by atoms with Crippen molar-refractivity contribution in [1.82, 2.24) is 10.6 Å². The number of likely N-dealkylation sites (N-methyl/N-ethyl adjacent to an activating group) is 1. The molecule has 0 saturated carbocycles. The molecule has 0 aliphatic rings. The highest BCUT2D eigenvalue weighted by Gasteiger charge is 2.24. The minimum Gasteiger partial charge on any atom is -0.480 e. The van der Waals surface area contributed by atoms with Crippen LogP contribution in [0.5, 0.6) is 0 Å². The first kappa shape index (κ1) is 16.6. The van der Waals surface area contributed by atoms with E-state index in [2.05, 4.69) is 10.6 Å². The Morgan fingerprint density at radius 1 is 1.40 bits per heavy atom. The van der Waals surface area contributed by atoms with Crippen molar-refractivity contribution >= 4 is 24.3 Å². The van der Waals surface area contributed by atoms with Gasteiger partial charge < -0.3 is 15.7 Å². The first-order valence-electron chi connectivity index (χ1n) is 4.69. The summed E-state index contributed by atoms with van der Waals surface area (Å²) < 4.78 is 0. The van der Waals surface area contributed by atoms with Gasteiger partial charge in [-0.15, -0.1) is 12.4 Å². The SMILES string of the molecule is CCC(C)C(NC(=O)CNC)C(=O)O.Cl. The first-order chi connectivity index (χ1) is 6.52. The van der Waals surface area contributed by atoms with Crippen LogP contribution in [0.1, 0.15) is 20.3 Å². The fourth-order valence-electron chi connectivity index (χ4n) is 1.07. The number of carbonyl (C=O) groups excluding carboxylic acids is 1. The fraction of sp³-hybridized carbons (Fsp3) is 0.778.